The number of nitrogens with two attached hydrogens (primary N) is 1. The van der Waals surface area contributed by atoms with Crippen LogP contribution in [0.15, 0.2) is 46.9 Å². The maximum Gasteiger partial charge on any atom is 0.294 e. The topological polar surface area (TPSA) is 133 Å². The summed E-state index contributed by atoms with van der Waals surface area (Å²) >= 11 is 0. The highest BCUT2D eigenvalue weighted by molar-refractivity contribution is 6.04. The molecule has 2 aromatic carbocycles. The van der Waals surface area contributed by atoms with E-state index >= 15 is 0 Å². The first-order chi connectivity index (χ1) is 16.8. The number of hydrogen-bond acceptors (Lipinski definition) is 7. The summed E-state index contributed by atoms with van der Waals surface area (Å²) in [6, 6.07) is 12.0. The molecule has 35 heavy (non-hydrogen) atoms. The van der Waals surface area contributed by atoms with Gasteiger partial charge in [-0.2, -0.15) is 0 Å². The summed E-state index contributed by atoms with van der Waals surface area (Å²) in [5.41, 5.74) is 5.27. The molecule has 1 aliphatic heterocycles. The molecule has 1 atom stereocenters. The monoisotopic (exact) mass is 481 g/mol. The lowest BCUT2D eigenvalue weighted by Crippen LogP contribution is -2.61. The number of methoxy groups -OCH3 is 2. The Labute approximate surface area is 201 Å². The maximum absolute atomic E-state index is 13.6. The summed E-state index contributed by atoms with van der Waals surface area (Å²) in [6.45, 7) is 1.76. The van der Waals surface area contributed by atoms with Gasteiger partial charge in [-0.25, -0.2) is 0 Å². The van der Waals surface area contributed by atoms with Crippen LogP contribution in [0.5, 0.6) is 11.5 Å². The zero-order valence-electron chi connectivity index (χ0n) is 19.8. The summed E-state index contributed by atoms with van der Waals surface area (Å²) in [5, 5.41) is 3.46. The molecule has 3 amide bonds. The Morgan fingerprint density at radius 3 is 2.66 bits per heavy atom. The molecule has 3 N–H and O–H groups in total. The van der Waals surface area contributed by atoms with Crippen LogP contribution in [0.2, 0.25) is 0 Å². The average Bonchev–Trinajstić information content (AvgIpc) is 3.19. The van der Waals surface area contributed by atoms with Crippen molar-refractivity contribution in [3.8, 4) is 11.5 Å². The van der Waals surface area contributed by atoms with Crippen molar-refractivity contribution >= 4 is 28.7 Å². The molecule has 1 aliphatic rings. The Morgan fingerprint density at radius 1 is 1.17 bits per heavy atom. The predicted molar refractivity (Wildman–Crippen MR) is 126 cm³/mol. The van der Waals surface area contributed by atoms with Crippen LogP contribution < -0.4 is 20.5 Å². The standard InChI is InChI=1S/C25H27N3O7/c1-25(24(31)27-13-17-15(22(26)29)8-6-10-18(17)33-3)14-34-20-16-7-4-5-9-19(16)35-21(20)23(30)28(25)11-12-32-2/h4-10H,11-14H2,1-3H3,(H2,26,29)(H,27,31). The van der Waals surface area contributed by atoms with Crippen LogP contribution in [0, 0.1) is 0 Å². The lowest BCUT2D eigenvalue weighted by atomic mass is 9.98. The number of hydrogen-bond donors (Lipinski definition) is 2. The SMILES string of the molecule is COCCN1C(=O)c2oc3ccccc3c2OCC1(C)C(=O)NCc1c(OC)cccc1C(N)=O. The molecule has 0 spiro atoms. The number of carbonyl (C=O) groups is 3. The molecule has 0 saturated carbocycles. The minimum atomic E-state index is -1.41. The van der Waals surface area contributed by atoms with E-state index in [2.05, 4.69) is 5.32 Å². The number of nitrogens with one attached hydrogen (secondary N) is 1. The molecule has 10 nitrogen and oxygen atoms in total. The molecule has 0 saturated heterocycles. The Hall–Kier alpha value is -4.05. The van der Waals surface area contributed by atoms with Gasteiger partial charge in [0.1, 0.15) is 17.9 Å². The van der Waals surface area contributed by atoms with Crippen molar-refractivity contribution in [2.75, 3.05) is 34.0 Å². The van der Waals surface area contributed by atoms with Crippen molar-refractivity contribution in [2.24, 2.45) is 5.73 Å². The smallest absolute Gasteiger partial charge is 0.294 e. The van der Waals surface area contributed by atoms with Gasteiger partial charge in [0, 0.05) is 31.3 Å². The highest BCUT2D eigenvalue weighted by Gasteiger charge is 2.47. The van der Waals surface area contributed by atoms with E-state index in [-0.39, 0.29) is 37.6 Å². The summed E-state index contributed by atoms with van der Waals surface area (Å²) in [7, 11) is 2.97. The first-order valence-electron chi connectivity index (χ1n) is 11.0. The molecular weight excluding hydrogens is 454 g/mol. The van der Waals surface area contributed by atoms with Crippen LogP contribution >= 0.6 is 0 Å². The fourth-order valence-electron chi connectivity index (χ4n) is 4.19. The summed E-state index contributed by atoms with van der Waals surface area (Å²) in [4.78, 5) is 40.5. The van der Waals surface area contributed by atoms with Crippen LogP contribution in [0.1, 0.15) is 33.4 Å². The Bertz CT molecular complexity index is 1290. The molecule has 0 radical (unpaired) electrons. The Kier molecular flexibility index (Phi) is 6.65. The molecule has 1 aromatic heterocycles. The molecule has 0 bridgehead atoms. The Morgan fingerprint density at radius 2 is 1.94 bits per heavy atom. The van der Waals surface area contributed by atoms with Crippen molar-refractivity contribution in [3.63, 3.8) is 0 Å². The van der Waals surface area contributed by atoms with E-state index in [1.165, 1.54) is 19.1 Å². The molecule has 3 aromatic rings. The van der Waals surface area contributed by atoms with Gasteiger partial charge in [-0.1, -0.05) is 18.2 Å². The number of para-hydroxylation sites is 1. The van der Waals surface area contributed by atoms with Crippen molar-refractivity contribution in [2.45, 2.75) is 19.0 Å². The molecule has 0 fully saturated rings. The lowest BCUT2D eigenvalue weighted by molar-refractivity contribution is -0.133. The number of furan rings is 1. The van der Waals surface area contributed by atoms with Gasteiger partial charge in [0.25, 0.3) is 5.91 Å². The van der Waals surface area contributed by atoms with Crippen LogP contribution in [0.25, 0.3) is 11.0 Å². The van der Waals surface area contributed by atoms with E-state index in [0.29, 0.717) is 28.0 Å². The number of carbonyl (C=O) groups excluding carboxylic acids is 3. The number of fused-ring (bicyclic) bond motifs is 3. The van der Waals surface area contributed by atoms with Gasteiger partial charge >= 0.3 is 0 Å². The largest absolute Gasteiger partial charge is 0.496 e. The van der Waals surface area contributed by atoms with E-state index in [1.807, 2.05) is 6.07 Å². The predicted octanol–water partition coefficient (Wildman–Crippen LogP) is 2.10. The van der Waals surface area contributed by atoms with E-state index in [4.69, 9.17) is 24.4 Å². The number of ether oxygens (including phenoxy) is 3. The zero-order chi connectivity index (χ0) is 25.2. The van der Waals surface area contributed by atoms with Crippen LogP contribution in [-0.2, 0) is 16.1 Å². The van der Waals surface area contributed by atoms with Gasteiger partial charge in [0.2, 0.25) is 17.6 Å². The number of rotatable bonds is 8. The van der Waals surface area contributed by atoms with Crippen LogP contribution in [0.4, 0.5) is 0 Å². The first kappa shape index (κ1) is 24.1. The normalized spacial score (nSPS) is 17.5. The number of benzene rings is 2. The first-order valence-corrected chi connectivity index (χ1v) is 11.0. The average molecular weight is 482 g/mol. The molecule has 184 valence electrons. The minimum Gasteiger partial charge on any atom is -0.496 e. The second kappa shape index (κ2) is 9.67. The fraction of sp³-hybridized carbons (Fsp3) is 0.320. The van der Waals surface area contributed by atoms with E-state index in [0.717, 1.165) is 0 Å². The van der Waals surface area contributed by atoms with Gasteiger partial charge in [0.05, 0.1) is 19.1 Å². The molecule has 4 rings (SSSR count). The van der Waals surface area contributed by atoms with Crippen molar-refractivity contribution in [3.05, 3.63) is 59.4 Å². The van der Waals surface area contributed by atoms with Crippen molar-refractivity contribution in [1.29, 1.82) is 0 Å². The third kappa shape index (κ3) is 4.28. The zero-order valence-corrected chi connectivity index (χ0v) is 19.8. The van der Waals surface area contributed by atoms with E-state index in [9.17, 15) is 14.4 Å². The van der Waals surface area contributed by atoms with Gasteiger partial charge in [-0.15, -0.1) is 0 Å². The van der Waals surface area contributed by atoms with E-state index in [1.54, 1.807) is 43.3 Å². The summed E-state index contributed by atoms with van der Waals surface area (Å²) < 4.78 is 22.4. The third-order valence-corrected chi connectivity index (χ3v) is 6.13. The second-order valence-corrected chi connectivity index (χ2v) is 8.30. The van der Waals surface area contributed by atoms with Crippen LogP contribution in [0.3, 0.4) is 0 Å². The summed E-state index contributed by atoms with van der Waals surface area (Å²) in [6.07, 6.45) is 0. The highest BCUT2D eigenvalue weighted by Crippen LogP contribution is 2.38. The van der Waals surface area contributed by atoms with Crippen molar-refractivity contribution in [1.82, 2.24) is 10.2 Å². The van der Waals surface area contributed by atoms with Gasteiger partial charge in [0.15, 0.2) is 11.3 Å². The fourth-order valence-corrected chi connectivity index (χ4v) is 4.19. The molecule has 2 heterocycles. The number of nitrogens with zero attached hydrogens (tertiary/aromatic N) is 1. The van der Waals surface area contributed by atoms with Crippen LogP contribution in [-0.4, -0.2) is 62.1 Å². The van der Waals surface area contributed by atoms with Gasteiger partial charge < -0.3 is 34.6 Å². The summed E-state index contributed by atoms with van der Waals surface area (Å²) in [5.74, 6) is -0.895. The highest BCUT2D eigenvalue weighted by atomic mass is 16.5. The molecule has 0 aliphatic carbocycles. The number of primary amides is 1. The third-order valence-electron chi connectivity index (χ3n) is 6.13. The molecule has 10 heteroatoms. The second-order valence-electron chi connectivity index (χ2n) is 8.30. The quantitative estimate of drug-likeness (QED) is 0.503. The molecule has 1 unspecified atom stereocenters. The molecular formula is C25H27N3O7. The minimum absolute atomic E-state index is 0.0274. The van der Waals surface area contributed by atoms with Gasteiger partial charge in [-0.05, 0) is 31.2 Å². The Balaban J connectivity index is 1.66. The maximum atomic E-state index is 13.6. The van der Waals surface area contributed by atoms with Crippen molar-refractivity contribution < 1.29 is 33.0 Å². The van der Waals surface area contributed by atoms with E-state index < -0.39 is 23.3 Å². The van der Waals surface area contributed by atoms with Gasteiger partial charge in [-0.3, -0.25) is 14.4 Å². The number of amides is 3. The lowest BCUT2D eigenvalue weighted by Gasteiger charge is -2.37.